The Morgan fingerprint density at radius 2 is 1.62 bits per heavy atom. The molecule has 0 spiro atoms. The molecule has 0 aliphatic rings. The number of amides is 1. The van der Waals surface area contributed by atoms with Gasteiger partial charge in [0.15, 0.2) is 0 Å². The van der Waals surface area contributed by atoms with Crippen molar-refractivity contribution in [2.45, 2.75) is 17.9 Å². The van der Waals surface area contributed by atoms with Crippen molar-refractivity contribution in [3.8, 4) is 0 Å². The predicted molar refractivity (Wildman–Crippen MR) is 110 cm³/mol. The lowest BCUT2D eigenvalue weighted by atomic mass is 9.95. The second-order valence-corrected chi connectivity index (χ2v) is 7.50. The molecule has 1 atom stereocenters. The summed E-state index contributed by atoms with van der Waals surface area (Å²) in [7, 11) is 0. The molecule has 0 aliphatic carbocycles. The Kier molecular flexibility index (Phi) is 6.37. The Balaban J connectivity index is 1.74. The monoisotopic (exact) mass is 381 g/mol. The Hall–Kier alpha value is -2.23. The van der Waals surface area contributed by atoms with Gasteiger partial charge in [0.05, 0.1) is 11.8 Å². The van der Waals surface area contributed by atoms with Gasteiger partial charge in [-0.05, 0) is 47.9 Å². The van der Waals surface area contributed by atoms with Gasteiger partial charge in [-0.15, -0.1) is 11.8 Å². The van der Waals surface area contributed by atoms with Crippen LogP contribution in [-0.2, 0) is 4.79 Å². The molecule has 0 aromatic heterocycles. The van der Waals surface area contributed by atoms with Gasteiger partial charge >= 0.3 is 0 Å². The first-order chi connectivity index (χ1) is 12.6. The van der Waals surface area contributed by atoms with E-state index in [1.807, 2.05) is 66.7 Å². The quantitative estimate of drug-likeness (QED) is 0.559. The molecule has 3 rings (SSSR count). The molecule has 1 unspecified atom stereocenters. The SMILES string of the molecule is Cc1ccccc1C(NC(=O)CSc1ccc(Cl)cc1)c1ccccc1. The molecule has 0 fully saturated rings. The highest BCUT2D eigenvalue weighted by Gasteiger charge is 2.18. The molecule has 3 aromatic carbocycles. The van der Waals surface area contributed by atoms with Crippen molar-refractivity contribution in [1.29, 1.82) is 0 Å². The fourth-order valence-electron chi connectivity index (χ4n) is 2.78. The highest BCUT2D eigenvalue weighted by Crippen LogP contribution is 2.26. The maximum absolute atomic E-state index is 12.6. The van der Waals surface area contributed by atoms with E-state index < -0.39 is 0 Å². The highest BCUT2D eigenvalue weighted by atomic mass is 35.5. The minimum atomic E-state index is -0.157. The maximum Gasteiger partial charge on any atom is 0.231 e. The third-order valence-corrected chi connectivity index (χ3v) is 5.39. The zero-order chi connectivity index (χ0) is 18.4. The number of hydrogen-bond acceptors (Lipinski definition) is 2. The van der Waals surface area contributed by atoms with Crippen molar-refractivity contribution >= 4 is 29.3 Å². The lowest BCUT2D eigenvalue weighted by molar-refractivity contribution is -0.119. The Morgan fingerprint density at radius 3 is 2.31 bits per heavy atom. The first kappa shape index (κ1) is 18.6. The molecule has 1 amide bonds. The molecule has 0 bridgehead atoms. The van der Waals surface area contributed by atoms with Gasteiger partial charge in [0.25, 0.3) is 0 Å². The van der Waals surface area contributed by atoms with Crippen LogP contribution < -0.4 is 5.32 Å². The summed E-state index contributed by atoms with van der Waals surface area (Å²) in [6.07, 6.45) is 0. The van der Waals surface area contributed by atoms with Gasteiger partial charge in [-0.2, -0.15) is 0 Å². The summed E-state index contributed by atoms with van der Waals surface area (Å²) in [6.45, 7) is 2.07. The van der Waals surface area contributed by atoms with Crippen molar-refractivity contribution < 1.29 is 4.79 Å². The zero-order valence-corrected chi connectivity index (χ0v) is 16.1. The second-order valence-electron chi connectivity index (χ2n) is 6.01. The average Bonchev–Trinajstić information content (AvgIpc) is 2.67. The lowest BCUT2D eigenvalue weighted by Crippen LogP contribution is -2.31. The molecular weight excluding hydrogens is 362 g/mol. The molecule has 0 radical (unpaired) electrons. The van der Waals surface area contributed by atoms with Gasteiger partial charge in [0, 0.05) is 9.92 Å². The van der Waals surface area contributed by atoms with Gasteiger partial charge in [0.2, 0.25) is 5.91 Å². The van der Waals surface area contributed by atoms with Crippen LogP contribution in [0.1, 0.15) is 22.7 Å². The number of carbonyl (C=O) groups is 1. The summed E-state index contributed by atoms with van der Waals surface area (Å²) in [6, 6.07) is 25.6. The molecule has 2 nitrogen and oxygen atoms in total. The van der Waals surface area contributed by atoms with Crippen LogP contribution in [0.2, 0.25) is 5.02 Å². The predicted octanol–water partition coefficient (Wildman–Crippen LogP) is 5.65. The van der Waals surface area contributed by atoms with E-state index in [4.69, 9.17) is 11.6 Å². The average molecular weight is 382 g/mol. The van der Waals surface area contributed by atoms with Crippen LogP contribution in [0.4, 0.5) is 0 Å². The largest absolute Gasteiger partial charge is 0.344 e. The smallest absolute Gasteiger partial charge is 0.231 e. The van der Waals surface area contributed by atoms with Gasteiger partial charge in [-0.25, -0.2) is 0 Å². The molecule has 26 heavy (non-hydrogen) atoms. The van der Waals surface area contributed by atoms with E-state index >= 15 is 0 Å². The summed E-state index contributed by atoms with van der Waals surface area (Å²) in [5.41, 5.74) is 3.35. The molecule has 3 aromatic rings. The number of nitrogens with one attached hydrogen (secondary N) is 1. The number of carbonyl (C=O) groups excluding carboxylic acids is 1. The number of hydrogen-bond donors (Lipinski definition) is 1. The molecule has 0 saturated carbocycles. The van der Waals surface area contributed by atoms with Crippen LogP contribution in [0.15, 0.2) is 83.8 Å². The standard InChI is InChI=1S/C22H20ClNOS/c1-16-7-5-6-10-20(16)22(17-8-3-2-4-9-17)24-21(25)15-26-19-13-11-18(23)12-14-19/h2-14,22H,15H2,1H3,(H,24,25). The molecule has 1 N–H and O–H groups in total. The van der Waals surface area contributed by atoms with E-state index in [2.05, 4.69) is 24.4 Å². The van der Waals surface area contributed by atoms with Crippen LogP contribution in [0.5, 0.6) is 0 Å². The number of halogens is 1. The van der Waals surface area contributed by atoms with E-state index in [1.165, 1.54) is 11.8 Å². The van der Waals surface area contributed by atoms with Crippen LogP contribution in [0, 0.1) is 6.92 Å². The van der Waals surface area contributed by atoms with Gasteiger partial charge in [-0.1, -0.05) is 66.2 Å². The number of aryl methyl sites for hydroxylation is 1. The van der Waals surface area contributed by atoms with E-state index in [-0.39, 0.29) is 11.9 Å². The van der Waals surface area contributed by atoms with Crippen LogP contribution in [0.25, 0.3) is 0 Å². The molecule has 4 heteroatoms. The number of benzene rings is 3. The van der Waals surface area contributed by atoms with Crippen LogP contribution >= 0.6 is 23.4 Å². The molecule has 0 aliphatic heterocycles. The Bertz CT molecular complexity index is 865. The summed E-state index contributed by atoms with van der Waals surface area (Å²) in [5, 5.41) is 3.88. The third-order valence-electron chi connectivity index (χ3n) is 4.12. The van der Waals surface area contributed by atoms with E-state index in [9.17, 15) is 4.79 Å². The van der Waals surface area contributed by atoms with Crippen molar-refractivity contribution in [2.75, 3.05) is 5.75 Å². The van der Waals surface area contributed by atoms with Crippen LogP contribution in [0.3, 0.4) is 0 Å². The summed E-state index contributed by atoms with van der Waals surface area (Å²) >= 11 is 7.41. The van der Waals surface area contributed by atoms with Crippen molar-refractivity contribution in [1.82, 2.24) is 5.32 Å². The first-order valence-corrected chi connectivity index (χ1v) is 9.78. The summed E-state index contributed by atoms with van der Waals surface area (Å²) in [4.78, 5) is 13.6. The fourth-order valence-corrected chi connectivity index (χ4v) is 3.61. The van der Waals surface area contributed by atoms with E-state index in [0.717, 1.165) is 21.6 Å². The van der Waals surface area contributed by atoms with Crippen LogP contribution in [-0.4, -0.2) is 11.7 Å². The van der Waals surface area contributed by atoms with Gasteiger partial charge < -0.3 is 5.32 Å². The Morgan fingerprint density at radius 1 is 0.962 bits per heavy atom. The van der Waals surface area contributed by atoms with E-state index in [1.54, 1.807) is 0 Å². The first-order valence-electron chi connectivity index (χ1n) is 8.41. The minimum Gasteiger partial charge on any atom is -0.344 e. The van der Waals surface area contributed by atoms with Crippen molar-refractivity contribution in [3.63, 3.8) is 0 Å². The molecule has 0 saturated heterocycles. The summed E-state index contributed by atoms with van der Waals surface area (Å²) in [5.74, 6) is 0.360. The zero-order valence-electron chi connectivity index (χ0n) is 14.5. The minimum absolute atomic E-state index is 0.00190. The maximum atomic E-state index is 12.6. The normalized spacial score (nSPS) is 11.8. The second kappa shape index (κ2) is 8.93. The molecule has 0 heterocycles. The van der Waals surface area contributed by atoms with Crippen molar-refractivity contribution in [2.24, 2.45) is 0 Å². The number of thioether (sulfide) groups is 1. The van der Waals surface area contributed by atoms with Crippen molar-refractivity contribution in [3.05, 3.63) is 101 Å². The topological polar surface area (TPSA) is 29.1 Å². The third kappa shape index (κ3) is 4.90. The molecule has 132 valence electrons. The molecular formula is C22H20ClNOS. The van der Waals surface area contributed by atoms with Gasteiger partial charge in [-0.3, -0.25) is 4.79 Å². The summed E-state index contributed by atoms with van der Waals surface area (Å²) < 4.78 is 0. The van der Waals surface area contributed by atoms with E-state index in [0.29, 0.717) is 10.8 Å². The van der Waals surface area contributed by atoms with Gasteiger partial charge in [0.1, 0.15) is 0 Å². The Labute approximate surface area is 163 Å². The fraction of sp³-hybridized carbons (Fsp3) is 0.136. The lowest BCUT2D eigenvalue weighted by Gasteiger charge is -2.21. The number of rotatable bonds is 6. The highest BCUT2D eigenvalue weighted by molar-refractivity contribution is 8.00.